The van der Waals surface area contributed by atoms with Gasteiger partial charge in [0.2, 0.25) is 0 Å². The molecule has 1 aromatic heterocycles. The summed E-state index contributed by atoms with van der Waals surface area (Å²) in [7, 11) is 0. The Morgan fingerprint density at radius 2 is 1.86 bits per heavy atom. The Labute approximate surface area is 80.8 Å². The summed E-state index contributed by atoms with van der Waals surface area (Å²) in [5.41, 5.74) is 1.25. The molecule has 0 aliphatic carbocycles. The molecule has 0 fully saturated rings. The second-order valence-electron chi connectivity index (χ2n) is 2.80. The molecular formula is C11H5N3. The number of pyridine rings is 1. The average Bonchev–Trinajstić information content (AvgIpc) is 2.27. The quantitative estimate of drug-likeness (QED) is 0.621. The minimum absolute atomic E-state index is 0.186. The first-order valence-electron chi connectivity index (χ1n) is 4.05. The van der Waals surface area contributed by atoms with Gasteiger partial charge in [-0.15, -0.1) is 0 Å². The minimum Gasteiger partial charge on any atom is -0.236 e. The van der Waals surface area contributed by atoms with Crippen molar-refractivity contribution in [2.75, 3.05) is 0 Å². The Kier molecular flexibility index (Phi) is 1.86. The summed E-state index contributed by atoms with van der Waals surface area (Å²) in [6, 6.07) is 12.9. The largest absolute Gasteiger partial charge is 0.236 e. The normalized spacial score (nSPS) is 9.29. The second kappa shape index (κ2) is 3.16. The Morgan fingerprint density at radius 3 is 2.57 bits per heavy atom. The van der Waals surface area contributed by atoms with Gasteiger partial charge in [0.1, 0.15) is 12.1 Å². The number of hydrogen-bond donors (Lipinski definition) is 0. The summed E-state index contributed by atoms with van der Waals surface area (Å²) in [6.07, 6.45) is 0. The van der Waals surface area contributed by atoms with E-state index in [2.05, 4.69) is 4.98 Å². The molecule has 1 aromatic carbocycles. The number of aromatic nitrogens is 1. The van der Waals surface area contributed by atoms with Crippen LogP contribution in [0.25, 0.3) is 10.9 Å². The number of rotatable bonds is 0. The van der Waals surface area contributed by atoms with Crippen molar-refractivity contribution in [3.63, 3.8) is 0 Å². The molecule has 0 amide bonds. The number of hydrogen-bond acceptors (Lipinski definition) is 3. The summed E-state index contributed by atoms with van der Waals surface area (Å²) < 4.78 is 0. The van der Waals surface area contributed by atoms with E-state index in [1.54, 1.807) is 6.07 Å². The third-order valence-corrected chi connectivity index (χ3v) is 1.95. The van der Waals surface area contributed by atoms with E-state index >= 15 is 0 Å². The van der Waals surface area contributed by atoms with E-state index in [9.17, 15) is 0 Å². The summed E-state index contributed by atoms with van der Waals surface area (Å²) in [5, 5.41) is 18.4. The highest BCUT2D eigenvalue weighted by Gasteiger charge is 2.04. The first-order chi connectivity index (χ1) is 6.85. The van der Waals surface area contributed by atoms with Crippen molar-refractivity contribution in [1.82, 2.24) is 4.98 Å². The molecular weight excluding hydrogens is 174 g/mol. The number of nitrogens with zero attached hydrogens (tertiary/aromatic N) is 3. The maximum Gasteiger partial charge on any atom is 0.158 e. The molecule has 2 aromatic rings. The standard InChI is InChI=1S/C11H5N3/c12-6-9-5-8-3-1-2-4-10(8)14-11(9)7-13/h1-5H. The summed E-state index contributed by atoms with van der Waals surface area (Å²) in [6.45, 7) is 0. The zero-order valence-corrected chi connectivity index (χ0v) is 7.23. The van der Waals surface area contributed by atoms with Gasteiger partial charge in [-0.1, -0.05) is 18.2 Å². The van der Waals surface area contributed by atoms with Crippen molar-refractivity contribution >= 4 is 10.9 Å². The van der Waals surface area contributed by atoms with Gasteiger partial charge in [-0.3, -0.25) is 0 Å². The zero-order valence-electron chi connectivity index (χ0n) is 7.23. The van der Waals surface area contributed by atoms with Crippen LogP contribution in [0.2, 0.25) is 0 Å². The summed E-state index contributed by atoms with van der Waals surface area (Å²) >= 11 is 0. The van der Waals surface area contributed by atoms with E-state index in [0.717, 1.165) is 10.9 Å². The Bertz CT molecular complexity index is 521. The molecule has 0 aliphatic heterocycles. The van der Waals surface area contributed by atoms with Crippen LogP contribution >= 0.6 is 0 Å². The van der Waals surface area contributed by atoms with Gasteiger partial charge in [0.05, 0.1) is 11.1 Å². The Morgan fingerprint density at radius 1 is 1.07 bits per heavy atom. The number of benzene rings is 1. The third-order valence-electron chi connectivity index (χ3n) is 1.95. The van der Waals surface area contributed by atoms with E-state index < -0.39 is 0 Å². The van der Waals surface area contributed by atoms with Gasteiger partial charge in [0.15, 0.2) is 5.69 Å². The number of nitriles is 2. The number of fused-ring (bicyclic) bond motifs is 1. The Balaban J connectivity index is 2.85. The lowest BCUT2D eigenvalue weighted by atomic mass is 10.1. The average molecular weight is 179 g/mol. The van der Waals surface area contributed by atoms with Crippen LogP contribution in [0.4, 0.5) is 0 Å². The van der Waals surface area contributed by atoms with Crippen molar-refractivity contribution in [1.29, 1.82) is 10.5 Å². The number of para-hydroxylation sites is 1. The molecule has 0 saturated carbocycles. The highest BCUT2D eigenvalue weighted by Crippen LogP contribution is 2.15. The Hall–Kier alpha value is -2.39. The monoisotopic (exact) mass is 179 g/mol. The molecule has 0 radical (unpaired) electrons. The molecule has 1 heterocycles. The molecule has 3 heteroatoms. The zero-order chi connectivity index (χ0) is 9.97. The SMILES string of the molecule is N#Cc1cc2ccccc2nc1C#N. The highest BCUT2D eigenvalue weighted by atomic mass is 14.7. The first-order valence-corrected chi connectivity index (χ1v) is 4.05. The van der Waals surface area contributed by atoms with Crippen LogP contribution < -0.4 is 0 Å². The molecule has 64 valence electrons. The lowest BCUT2D eigenvalue weighted by molar-refractivity contribution is 1.30. The van der Waals surface area contributed by atoms with Crippen LogP contribution in [0.3, 0.4) is 0 Å². The molecule has 0 spiro atoms. The van der Waals surface area contributed by atoms with E-state index in [-0.39, 0.29) is 5.69 Å². The van der Waals surface area contributed by atoms with Crippen molar-refractivity contribution in [2.45, 2.75) is 0 Å². The first kappa shape index (κ1) is 8.22. The van der Waals surface area contributed by atoms with E-state index in [4.69, 9.17) is 10.5 Å². The molecule has 0 unspecified atom stereocenters. The van der Waals surface area contributed by atoms with Crippen molar-refractivity contribution < 1.29 is 0 Å². The van der Waals surface area contributed by atoms with E-state index in [1.807, 2.05) is 36.4 Å². The fourth-order valence-electron chi connectivity index (χ4n) is 1.29. The van der Waals surface area contributed by atoms with Gasteiger partial charge in [-0.05, 0) is 12.1 Å². The molecule has 0 atom stereocenters. The molecule has 0 bridgehead atoms. The lowest BCUT2D eigenvalue weighted by Crippen LogP contribution is -1.89. The van der Waals surface area contributed by atoms with Crippen LogP contribution in [0.1, 0.15) is 11.3 Å². The maximum atomic E-state index is 8.77. The van der Waals surface area contributed by atoms with E-state index in [0.29, 0.717) is 5.56 Å². The van der Waals surface area contributed by atoms with Crippen LogP contribution in [-0.2, 0) is 0 Å². The molecule has 3 nitrogen and oxygen atoms in total. The summed E-state index contributed by atoms with van der Waals surface area (Å²) in [5.74, 6) is 0. The predicted octanol–water partition coefficient (Wildman–Crippen LogP) is 1.98. The maximum absolute atomic E-state index is 8.77. The van der Waals surface area contributed by atoms with Crippen molar-refractivity contribution in [2.24, 2.45) is 0 Å². The highest BCUT2D eigenvalue weighted by molar-refractivity contribution is 5.80. The van der Waals surface area contributed by atoms with Gasteiger partial charge >= 0.3 is 0 Å². The van der Waals surface area contributed by atoms with Crippen molar-refractivity contribution in [3.8, 4) is 12.1 Å². The van der Waals surface area contributed by atoms with Crippen molar-refractivity contribution in [3.05, 3.63) is 41.6 Å². The molecule has 2 rings (SSSR count). The molecule has 0 aliphatic rings. The van der Waals surface area contributed by atoms with Gasteiger partial charge in [0.25, 0.3) is 0 Å². The van der Waals surface area contributed by atoms with Crippen LogP contribution in [-0.4, -0.2) is 4.98 Å². The smallest absolute Gasteiger partial charge is 0.158 e. The van der Waals surface area contributed by atoms with E-state index in [1.165, 1.54) is 0 Å². The van der Waals surface area contributed by atoms with Crippen LogP contribution in [0, 0.1) is 22.7 Å². The fraction of sp³-hybridized carbons (Fsp3) is 0. The summed E-state index contributed by atoms with van der Waals surface area (Å²) in [4.78, 5) is 4.08. The van der Waals surface area contributed by atoms with Gasteiger partial charge < -0.3 is 0 Å². The molecule has 14 heavy (non-hydrogen) atoms. The third kappa shape index (κ3) is 1.18. The second-order valence-corrected chi connectivity index (χ2v) is 2.80. The predicted molar refractivity (Wildman–Crippen MR) is 51.2 cm³/mol. The van der Waals surface area contributed by atoms with Gasteiger partial charge in [-0.25, -0.2) is 4.98 Å². The van der Waals surface area contributed by atoms with Gasteiger partial charge in [-0.2, -0.15) is 10.5 Å². The topological polar surface area (TPSA) is 60.5 Å². The van der Waals surface area contributed by atoms with Gasteiger partial charge in [0, 0.05) is 5.39 Å². The fourth-order valence-corrected chi connectivity index (χ4v) is 1.29. The van der Waals surface area contributed by atoms with Crippen LogP contribution in [0.15, 0.2) is 30.3 Å². The van der Waals surface area contributed by atoms with Crippen LogP contribution in [0.5, 0.6) is 0 Å². The minimum atomic E-state index is 0.186. The lowest BCUT2D eigenvalue weighted by Gasteiger charge is -1.98. The molecule has 0 saturated heterocycles. The molecule has 0 N–H and O–H groups in total.